The first-order valence-electron chi connectivity index (χ1n) is 6.98. The smallest absolute Gasteiger partial charge is 0.254 e. The number of halogens is 2. The van der Waals surface area contributed by atoms with Gasteiger partial charge in [-0.3, -0.25) is 4.79 Å². The second kappa shape index (κ2) is 5.34. The van der Waals surface area contributed by atoms with Crippen LogP contribution in [0.4, 0.5) is 4.39 Å². The molecule has 1 saturated heterocycles. The van der Waals surface area contributed by atoms with Gasteiger partial charge in [0.15, 0.2) is 0 Å². The lowest BCUT2D eigenvalue weighted by molar-refractivity contribution is 0.00987. The van der Waals surface area contributed by atoms with Gasteiger partial charge in [0.05, 0.1) is 23.8 Å². The molecule has 1 aromatic carbocycles. The minimum atomic E-state index is -0.554. The van der Waals surface area contributed by atoms with Crippen LogP contribution in [-0.2, 0) is 4.74 Å². The van der Waals surface area contributed by atoms with Crippen LogP contribution >= 0.6 is 11.6 Å². The first-order chi connectivity index (χ1) is 9.58. The molecule has 3 rings (SSSR count). The van der Waals surface area contributed by atoms with Crippen molar-refractivity contribution in [3.8, 4) is 0 Å². The van der Waals surface area contributed by atoms with E-state index in [9.17, 15) is 9.18 Å². The van der Waals surface area contributed by atoms with Gasteiger partial charge >= 0.3 is 0 Å². The molecule has 0 bridgehead atoms. The number of hydrogen-bond donors (Lipinski definition) is 1. The highest BCUT2D eigenvalue weighted by atomic mass is 35.5. The van der Waals surface area contributed by atoms with Crippen molar-refractivity contribution in [1.29, 1.82) is 0 Å². The molecule has 1 amide bonds. The molecule has 5 heteroatoms. The normalized spacial score (nSPS) is 24.2. The predicted octanol–water partition coefficient (Wildman–Crippen LogP) is 3.31. The van der Waals surface area contributed by atoms with Crippen LogP contribution in [0.2, 0.25) is 5.02 Å². The van der Waals surface area contributed by atoms with E-state index in [1.165, 1.54) is 31.0 Å². The van der Waals surface area contributed by atoms with Gasteiger partial charge in [-0.15, -0.1) is 0 Å². The molecular formula is C15H17ClFNO2. The molecule has 20 heavy (non-hydrogen) atoms. The molecule has 1 saturated carbocycles. The lowest BCUT2D eigenvalue weighted by Crippen LogP contribution is -2.36. The van der Waals surface area contributed by atoms with Gasteiger partial charge < -0.3 is 10.1 Å². The Hall–Kier alpha value is -1.13. The molecule has 2 aliphatic rings. The number of rotatable bonds is 2. The Kier molecular flexibility index (Phi) is 3.69. The lowest BCUT2D eigenvalue weighted by Gasteiger charge is -2.21. The van der Waals surface area contributed by atoms with Crippen molar-refractivity contribution in [3.63, 3.8) is 0 Å². The monoisotopic (exact) mass is 297 g/mol. The highest BCUT2D eigenvalue weighted by Gasteiger charge is 2.42. The molecule has 1 atom stereocenters. The third-order valence-electron chi connectivity index (χ3n) is 4.23. The summed E-state index contributed by atoms with van der Waals surface area (Å²) in [6, 6.07) is 3.95. The highest BCUT2D eigenvalue weighted by Crippen LogP contribution is 2.40. The van der Waals surface area contributed by atoms with E-state index in [1.807, 2.05) is 0 Å². The SMILES string of the molecule is O=C(NC1COC2(CCCC2)C1)c1cc(Cl)ccc1F. The third kappa shape index (κ3) is 2.67. The fraction of sp³-hybridized carbons (Fsp3) is 0.533. The summed E-state index contributed by atoms with van der Waals surface area (Å²) in [5.41, 5.74) is -0.0601. The maximum Gasteiger partial charge on any atom is 0.254 e. The van der Waals surface area contributed by atoms with Gasteiger partial charge in [-0.25, -0.2) is 4.39 Å². The zero-order valence-electron chi connectivity index (χ0n) is 11.1. The minimum absolute atomic E-state index is 0.00938. The maximum atomic E-state index is 13.6. The first kappa shape index (κ1) is 13.8. The molecule has 108 valence electrons. The van der Waals surface area contributed by atoms with Gasteiger partial charge in [0.2, 0.25) is 0 Å². The van der Waals surface area contributed by atoms with Crippen molar-refractivity contribution in [2.45, 2.75) is 43.7 Å². The van der Waals surface area contributed by atoms with Crippen LogP contribution in [0.25, 0.3) is 0 Å². The number of hydrogen-bond acceptors (Lipinski definition) is 2. The summed E-state index contributed by atoms with van der Waals surface area (Å²) in [6.07, 6.45) is 5.31. The minimum Gasteiger partial charge on any atom is -0.373 e. The number of nitrogens with one attached hydrogen (secondary N) is 1. The zero-order chi connectivity index (χ0) is 14.2. The largest absolute Gasteiger partial charge is 0.373 e. The Bertz CT molecular complexity index is 529. The molecule has 1 N–H and O–H groups in total. The van der Waals surface area contributed by atoms with E-state index >= 15 is 0 Å². The lowest BCUT2D eigenvalue weighted by atomic mass is 9.96. The van der Waals surface area contributed by atoms with Crippen LogP contribution < -0.4 is 5.32 Å². The molecule has 3 nitrogen and oxygen atoms in total. The summed E-state index contributed by atoms with van der Waals surface area (Å²) in [7, 11) is 0. The molecule has 1 unspecified atom stereocenters. The third-order valence-corrected chi connectivity index (χ3v) is 4.47. The number of amides is 1. The number of carbonyl (C=O) groups is 1. The van der Waals surface area contributed by atoms with Gasteiger partial charge in [0, 0.05) is 5.02 Å². The zero-order valence-corrected chi connectivity index (χ0v) is 11.9. The summed E-state index contributed by atoms with van der Waals surface area (Å²) in [5, 5.41) is 3.21. The van der Waals surface area contributed by atoms with E-state index in [4.69, 9.17) is 16.3 Å². The molecule has 1 aromatic rings. The average Bonchev–Trinajstić information content (AvgIpc) is 3.03. The van der Waals surface area contributed by atoms with E-state index in [0.29, 0.717) is 11.6 Å². The predicted molar refractivity (Wildman–Crippen MR) is 74.4 cm³/mol. The van der Waals surface area contributed by atoms with Crippen LogP contribution in [0.1, 0.15) is 42.5 Å². The average molecular weight is 298 g/mol. The van der Waals surface area contributed by atoms with Gasteiger partial charge in [-0.1, -0.05) is 24.4 Å². The summed E-state index contributed by atoms with van der Waals surface area (Å²) in [6.45, 7) is 0.508. The van der Waals surface area contributed by atoms with Crippen LogP contribution in [0.5, 0.6) is 0 Å². The standard InChI is InChI=1S/C15H17ClFNO2/c16-10-3-4-13(17)12(7-10)14(19)18-11-8-15(20-9-11)5-1-2-6-15/h3-4,7,11H,1-2,5-6,8-9H2,(H,18,19). The van der Waals surface area contributed by atoms with Gasteiger partial charge in [0.25, 0.3) is 5.91 Å². The summed E-state index contributed by atoms with van der Waals surface area (Å²) >= 11 is 5.80. The molecule has 0 radical (unpaired) electrons. The summed E-state index contributed by atoms with van der Waals surface area (Å²) in [4.78, 5) is 12.1. The summed E-state index contributed by atoms with van der Waals surface area (Å²) < 4.78 is 19.5. The molecule has 2 fully saturated rings. The Morgan fingerprint density at radius 2 is 2.15 bits per heavy atom. The van der Waals surface area contributed by atoms with Crippen molar-refractivity contribution in [1.82, 2.24) is 5.32 Å². The van der Waals surface area contributed by atoms with Crippen molar-refractivity contribution in [3.05, 3.63) is 34.6 Å². The topological polar surface area (TPSA) is 38.3 Å². The molecule has 1 aliphatic heterocycles. The quantitative estimate of drug-likeness (QED) is 0.909. The van der Waals surface area contributed by atoms with Crippen LogP contribution in [0.3, 0.4) is 0 Å². The van der Waals surface area contributed by atoms with E-state index in [2.05, 4.69) is 5.32 Å². The van der Waals surface area contributed by atoms with Crippen LogP contribution in [-0.4, -0.2) is 24.2 Å². The molecule has 1 heterocycles. The van der Waals surface area contributed by atoms with Gasteiger partial charge in [-0.2, -0.15) is 0 Å². The Morgan fingerprint density at radius 3 is 2.90 bits per heavy atom. The fourth-order valence-corrected chi connectivity index (χ4v) is 3.41. The van der Waals surface area contributed by atoms with Crippen molar-refractivity contribution in [2.24, 2.45) is 0 Å². The highest BCUT2D eigenvalue weighted by molar-refractivity contribution is 6.31. The molecule has 1 aliphatic carbocycles. The van der Waals surface area contributed by atoms with E-state index in [0.717, 1.165) is 19.3 Å². The molecular weight excluding hydrogens is 281 g/mol. The van der Waals surface area contributed by atoms with E-state index < -0.39 is 11.7 Å². The van der Waals surface area contributed by atoms with Gasteiger partial charge in [0.1, 0.15) is 5.82 Å². The second-order valence-corrected chi connectivity index (χ2v) is 6.14. The van der Waals surface area contributed by atoms with Crippen molar-refractivity contribution < 1.29 is 13.9 Å². The second-order valence-electron chi connectivity index (χ2n) is 5.70. The first-order valence-corrected chi connectivity index (χ1v) is 7.36. The fourth-order valence-electron chi connectivity index (χ4n) is 3.24. The van der Waals surface area contributed by atoms with Crippen molar-refractivity contribution >= 4 is 17.5 Å². The maximum absolute atomic E-state index is 13.6. The van der Waals surface area contributed by atoms with Gasteiger partial charge in [-0.05, 0) is 37.5 Å². The summed E-state index contributed by atoms with van der Waals surface area (Å²) in [5.74, 6) is -0.977. The van der Waals surface area contributed by atoms with Crippen molar-refractivity contribution in [2.75, 3.05) is 6.61 Å². The Balaban J connectivity index is 1.66. The van der Waals surface area contributed by atoms with E-state index in [1.54, 1.807) is 0 Å². The molecule has 0 aromatic heterocycles. The number of carbonyl (C=O) groups excluding carboxylic acids is 1. The van der Waals surface area contributed by atoms with E-state index in [-0.39, 0.29) is 17.2 Å². The number of ether oxygens (including phenoxy) is 1. The Labute approximate surface area is 122 Å². The number of benzene rings is 1. The van der Waals surface area contributed by atoms with Crippen LogP contribution in [0, 0.1) is 5.82 Å². The van der Waals surface area contributed by atoms with Crippen LogP contribution in [0.15, 0.2) is 18.2 Å². The Morgan fingerprint density at radius 1 is 1.40 bits per heavy atom. The molecule has 1 spiro atoms.